The van der Waals surface area contributed by atoms with Crippen molar-refractivity contribution >= 4 is 6.29 Å². The van der Waals surface area contributed by atoms with Gasteiger partial charge in [-0.3, -0.25) is 4.79 Å². The minimum Gasteiger partial charge on any atom is -0.298 e. The Bertz CT molecular complexity index is 271. The molecule has 0 radical (unpaired) electrons. The maximum Gasteiger partial charge on any atom is 0.145 e. The second kappa shape index (κ2) is 4.12. The van der Waals surface area contributed by atoms with Gasteiger partial charge in [0.25, 0.3) is 0 Å². The van der Waals surface area contributed by atoms with Crippen molar-refractivity contribution in [2.24, 2.45) is 11.3 Å². The van der Waals surface area contributed by atoms with Gasteiger partial charge in [-0.15, -0.1) is 0 Å². The summed E-state index contributed by atoms with van der Waals surface area (Å²) in [6.07, 6.45) is 6.57. The highest BCUT2D eigenvalue weighted by molar-refractivity contribution is 5.72. The third kappa shape index (κ3) is 2.34. The molecule has 1 aliphatic carbocycles. The average molecular weight is 192 g/mol. The molecule has 0 heterocycles. The number of carbonyl (C=O) groups is 1. The first-order valence-corrected chi connectivity index (χ1v) is 5.28. The zero-order valence-electron chi connectivity index (χ0n) is 9.47. The van der Waals surface area contributed by atoms with Crippen molar-refractivity contribution in [2.45, 2.75) is 40.0 Å². The fourth-order valence-corrected chi connectivity index (χ4v) is 2.28. The summed E-state index contributed by atoms with van der Waals surface area (Å²) in [7, 11) is 0. The molecule has 1 fully saturated rings. The van der Waals surface area contributed by atoms with Crippen LogP contribution in [0.2, 0.25) is 0 Å². The standard InChI is InChI=1S/C13H20O/c1-10(9-14)8-12-11(2)6-5-7-13(12,3)4/h8-9,12H,2,5-7H2,1,3-4H3/b10-8+. The van der Waals surface area contributed by atoms with Gasteiger partial charge < -0.3 is 0 Å². The number of hydrogen-bond acceptors (Lipinski definition) is 1. The van der Waals surface area contributed by atoms with Crippen LogP contribution >= 0.6 is 0 Å². The smallest absolute Gasteiger partial charge is 0.145 e. The summed E-state index contributed by atoms with van der Waals surface area (Å²) >= 11 is 0. The van der Waals surface area contributed by atoms with Crippen molar-refractivity contribution in [3.8, 4) is 0 Å². The van der Waals surface area contributed by atoms with Crippen molar-refractivity contribution in [3.63, 3.8) is 0 Å². The molecule has 0 bridgehead atoms. The molecule has 0 aromatic heterocycles. The van der Waals surface area contributed by atoms with Crippen LogP contribution in [0.5, 0.6) is 0 Å². The highest BCUT2D eigenvalue weighted by Gasteiger charge is 2.32. The summed E-state index contributed by atoms with van der Waals surface area (Å²) in [5.41, 5.74) is 2.37. The normalized spacial score (nSPS) is 27.5. The molecule has 1 saturated carbocycles. The van der Waals surface area contributed by atoms with E-state index in [2.05, 4.69) is 26.5 Å². The second-order valence-corrected chi connectivity index (χ2v) is 5.01. The lowest BCUT2D eigenvalue weighted by molar-refractivity contribution is -0.104. The Morgan fingerprint density at radius 2 is 2.21 bits per heavy atom. The molecule has 0 aromatic rings. The van der Waals surface area contributed by atoms with Crippen LogP contribution in [-0.4, -0.2) is 6.29 Å². The van der Waals surface area contributed by atoms with Crippen LogP contribution in [0.25, 0.3) is 0 Å². The lowest BCUT2D eigenvalue weighted by Gasteiger charge is -2.38. The maximum absolute atomic E-state index is 10.6. The van der Waals surface area contributed by atoms with Gasteiger partial charge >= 0.3 is 0 Å². The van der Waals surface area contributed by atoms with Gasteiger partial charge in [0.05, 0.1) is 0 Å². The van der Waals surface area contributed by atoms with Crippen molar-refractivity contribution in [1.29, 1.82) is 0 Å². The van der Waals surface area contributed by atoms with Crippen molar-refractivity contribution in [1.82, 2.24) is 0 Å². The first kappa shape index (κ1) is 11.2. The summed E-state index contributed by atoms with van der Waals surface area (Å²) in [5, 5.41) is 0. The maximum atomic E-state index is 10.6. The summed E-state index contributed by atoms with van der Waals surface area (Å²) in [5.74, 6) is 0.376. The zero-order chi connectivity index (χ0) is 10.8. The average Bonchev–Trinajstić information content (AvgIpc) is 2.11. The van der Waals surface area contributed by atoms with Crippen LogP contribution in [0.15, 0.2) is 23.8 Å². The molecule has 1 nitrogen and oxygen atoms in total. The van der Waals surface area contributed by atoms with Crippen molar-refractivity contribution in [3.05, 3.63) is 23.8 Å². The van der Waals surface area contributed by atoms with Gasteiger partial charge in [-0.2, -0.15) is 0 Å². The Kier molecular flexibility index (Phi) is 3.30. The van der Waals surface area contributed by atoms with Crippen LogP contribution in [0, 0.1) is 11.3 Å². The molecule has 1 aliphatic rings. The van der Waals surface area contributed by atoms with Gasteiger partial charge in [0.2, 0.25) is 0 Å². The Balaban J connectivity index is 2.91. The lowest BCUT2D eigenvalue weighted by Crippen LogP contribution is -2.28. The molecular weight excluding hydrogens is 172 g/mol. The first-order chi connectivity index (χ1) is 6.47. The van der Waals surface area contributed by atoms with E-state index in [9.17, 15) is 4.79 Å². The van der Waals surface area contributed by atoms with Gasteiger partial charge in [-0.25, -0.2) is 0 Å². The topological polar surface area (TPSA) is 17.1 Å². The van der Waals surface area contributed by atoms with E-state index in [0.717, 1.165) is 18.3 Å². The molecule has 0 aliphatic heterocycles. The molecule has 0 amide bonds. The predicted octanol–water partition coefficient (Wildman–Crippen LogP) is 3.51. The summed E-state index contributed by atoms with van der Waals surface area (Å²) in [6, 6.07) is 0. The molecule has 1 rings (SSSR count). The van der Waals surface area contributed by atoms with E-state index in [-0.39, 0.29) is 5.41 Å². The molecule has 0 aromatic carbocycles. The van der Waals surface area contributed by atoms with Gasteiger partial charge in [0.1, 0.15) is 6.29 Å². The van der Waals surface area contributed by atoms with E-state index >= 15 is 0 Å². The molecule has 0 spiro atoms. The quantitative estimate of drug-likeness (QED) is 0.372. The fourth-order valence-electron chi connectivity index (χ4n) is 2.28. The third-order valence-corrected chi connectivity index (χ3v) is 3.22. The number of aldehydes is 1. The fraction of sp³-hybridized carbons (Fsp3) is 0.615. The minimum absolute atomic E-state index is 0.263. The Hall–Kier alpha value is -0.850. The van der Waals surface area contributed by atoms with E-state index in [1.807, 2.05) is 6.92 Å². The zero-order valence-corrected chi connectivity index (χ0v) is 9.47. The van der Waals surface area contributed by atoms with E-state index in [0.29, 0.717) is 5.92 Å². The highest BCUT2D eigenvalue weighted by Crippen LogP contribution is 2.44. The molecule has 14 heavy (non-hydrogen) atoms. The van der Waals surface area contributed by atoms with Crippen LogP contribution < -0.4 is 0 Å². The number of carbonyl (C=O) groups excluding carboxylic acids is 1. The van der Waals surface area contributed by atoms with Gasteiger partial charge in [0, 0.05) is 5.92 Å². The monoisotopic (exact) mass is 192 g/mol. The Morgan fingerprint density at radius 3 is 2.71 bits per heavy atom. The second-order valence-electron chi connectivity index (χ2n) is 5.01. The van der Waals surface area contributed by atoms with Crippen molar-refractivity contribution < 1.29 is 4.79 Å². The largest absolute Gasteiger partial charge is 0.298 e. The van der Waals surface area contributed by atoms with E-state index in [1.165, 1.54) is 18.4 Å². The lowest BCUT2D eigenvalue weighted by atomic mass is 9.66. The number of rotatable bonds is 2. The first-order valence-electron chi connectivity index (χ1n) is 5.28. The van der Waals surface area contributed by atoms with E-state index in [4.69, 9.17) is 0 Å². The van der Waals surface area contributed by atoms with E-state index < -0.39 is 0 Å². The predicted molar refractivity (Wildman–Crippen MR) is 60.1 cm³/mol. The SMILES string of the molecule is C=C1CCCC(C)(C)C1/C=C(\C)C=O. The van der Waals surface area contributed by atoms with Gasteiger partial charge in [-0.1, -0.05) is 32.1 Å². The molecule has 78 valence electrons. The molecular formula is C13H20O. The van der Waals surface area contributed by atoms with Gasteiger partial charge in [-0.05, 0) is 37.2 Å². The molecule has 1 unspecified atom stereocenters. The van der Waals surface area contributed by atoms with Crippen molar-refractivity contribution in [2.75, 3.05) is 0 Å². The molecule has 1 heteroatoms. The van der Waals surface area contributed by atoms with Crippen LogP contribution in [0.1, 0.15) is 40.0 Å². The van der Waals surface area contributed by atoms with Crippen LogP contribution in [0.3, 0.4) is 0 Å². The van der Waals surface area contributed by atoms with Gasteiger partial charge in [0.15, 0.2) is 0 Å². The summed E-state index contributed by atoms with van der Waals surface area (Å²) < 4.78 is 0. The molecule has 0 N–H and O–H groups in total. The summed E-state index contributed by atoms with van der Waals surface area (Å²) in [4.78, 5) is 10.6. The van der Waals surface area contributed by atoms with Crippen LogP contribution in [-0.2, 0) is 4.79 Å². The molecule has 1 atom stereocenters. The number of allylic oxidation sites excluding steroid dienone is 3. The number of hydrogen-bond donors (Lipinski definition) is 0. The third-order valence-electron chi connectivity index (χ3n) is 3.22. The van der Waals surface area contributed by atoms with Crippen LogP contribution in [0.4, 0.5) is 0 Å². The Morgan fingerprint density at radius 1 is 1.57 bits per heavy atom. The highest BCUT2D eigenvalue weighted by atomic mass is 16.1. The van der Waals surface area contributed by atoms with E-state index in [1.54, 1.807) is 0 Å². The minimum atomic E-state index is 0.263. The Labute approximate surface area is 86.9 Å². The molecule has 0 saturated heterocycles. The summed E-state index contributed by atoms with van der Waals surface area (Å²) in [6.45, 7) is 10.5.